The molecule has 0 bridgehead atoms. The predicted octanol–water partition coefficient (Wildman–Crippen LogP) is 1.74. The molecule has 1 amide bonds. The lowest BCUT2D eigenvalue weighted by molar-refractivity contribution is -0.119. The molecule has 0 aromatic heterocycles. The van der Waals surface area contributed by atoms with Crippen LogP contribution in [0.2, 0.25) is 0 Å². The van der Waals surface area contributed by atoms with Gasteiger partial charge in [0.2, 0.25) is 15.9 Å². The van der Waals surface area contributed by atoms with Gasteiger partial charge in [-0.05, 0) is 37.1 Å². The third kappa shape index (κ3) is 6.07. The van der Waals surface area contributed by atoms with Gasteiger partial charge in [-0.1, -0.05) is 36.4 Å². The summed E-state index contributed by atoms with van der Waals surface area (Å²) < 4.78 is 49.7. The average molecular weight is 425 g/mol. The number of sulfonamides is 1. The van der Waals surface area contributed by atoms with Gasteiger partial charge in [0.15, 0.2) is 9.84 Å². The summed E-state index contributed by atoms with van der Waals surface area (Å²) in [6.45, 7) is 1.53. The van der Waals surface area contributed by atoms with Gasteiger partial charge in [0.1, 0.15) is 6.54 Å². The molecule has 28 heavy (non-hydrogen) atoms. The number of nitrogens with one attached hydrogen (secondary N) is 1. The summed E-state index contributed by atoms with van der Waals surface area (Å²) in [7, 11) is -7.06. The Balaban J connectivity index is 1.93. The number of para-hydroxylation sites is 1. The van der Waals surface area contributed by atoms with E-state index in [1.165, 1.54) is 12.1 Å². The molecule has 0 atom stereocenters. The van der Waals surface area contributed by atoms with Crippen molar-refractivity contribution in [2.75, 3.05) is 29.4 Å². The molecule has 2 rings (SSSR count). The summed E-state index contributed by atoms with van der Waals surface area (Å²) in [5, 5.41) is 2.59. The second-order valence-electron chi connectivity index (χ2n) is 6.39. The van der Waals surface area contributed by atoms with E-state index >= 15 is 0 Å². The maximum atomic E-state index is 12.2. The van der Waals surface area contributed by atoms with Crippen LogP contribution in [0.4, 0.5) is 5.69 Å². The number of amides is 1. The van der Waals surface area contributed by atoms with Crippen molar-refractivity contribution in [1.29, 1.82) is 0 Å². The highest BCUT2D eigenvalue weighted by atomic mass is 32.2. The molecular formula is C19H24N2O5S2. The lowest BCUT2D eigenvalue weighted by atomic mass is 10.2. The van der Waals surface area contributed by atoms with Gasteiger partial charge < -0.3 is 5.32 Å². The molecule has 0 aliphatic rings. The van der Waals surface area contributed by atoms with Gasteiger partial charge in [-0.25, -0.2) is 16.8 Å². The van der Waals surface area contributed by atoms with Gasteiger partial charge in [-0.3, -0.25) is 9.10 Å². The largest absolute Gasteiger partial charge is 0.354 e. The molecule has 0 aliphatic heterocycles. The first kappa shape index (κ1) is 21.9. The molecule has 7 nitrogen and oxygen atoms in total. The highest BCUT2D eigenvalue weighted by molar-refractivity contribution is 7.92. The summed E-state index contributed by atoms with van der Waals surface area (Å²) in [5.74, 6) is -0.601. The molecule has 0 saturated heterocycles. The molecular weight excluding hydrogens is 400 g/mol. The minimum absolute atomic E-state index is 0.106. The van der Waals surface area contributed by atoms with Crippen LogP contribution in [0, 0.1) is 6.92 Å². The summed E-state index contributed by atoms with van der Waals surface area (Å²) in [5.41, 5.74) is 1.17. The monoisotopic (exact) mass is 424 g/mol. The van der Waals surface area contributed by atoms with E-state index in [2.05, 4.69) is 5.32 Å². The third-order valence-electron chi connectivity index (χ3n) is 4.09. The van der Waals surface area contributed by atoms with Crippen LogP contribution >= 0.6 is 0 Å². The first-order valence-electron chi connectivity index (χ1n) is 8.69. The number of rotatable bonds is 9. The van der Waals surface area contributed by atoms with Gasteiger partial charge in [-0.15, -0.1) is 0 Å². The van der Waals surface area contributed by atoms with Gasteiger partial charge >= 0.3 is 0 Å². The molecule has 0 unspecified atom stereocenters. The number of aryl methyl sites for hydroxylation is 1. The number of nitrogens with zero attached hydrogens (tertiary/aromatic N) is 1. The maximum absolute atomic E-state index is 12.2. The van der Waals surface area contributed by atoms with Crippen LogP contribution in [-0.4, -0.2) is 47.8 Å². The highest BCUT2D eigenvalue weighted by Crippen LogP contribution is 2.21. The fourth-order valence-corrected chi connectivity index (χ4v) is 4.89. The molecule has 2 aromatic rings. The first-order valence-corrected chi connectivity index (χ1v) is 12.2. The number of hydrogen-bond acceptors (Lipinski definition) is 5. The van der Waals surface area contributed by atoms with Crippen molar-refractivity contribution < 1.29 is 21.6 Å². The Labute approximate surface area is 166 Å². The molecule has 152 valence electrons. The van der Waals surface area contributed by atoms with Crippen LogP contribution < -0.4 is 9.62 Å². The third-order valence-corrected chi connectivity index (χ3v) is 7.03. The highest BCUT2D eigenvalue weighted by Gasteiger charge is 2.22. The Morgan fingerprint density at radius 3 is 2.18 bits per heavy atom. The SMILES string of the molecule is Cc1ccccc1N(CC(=O)NCCCS(=O)(=O)c1ccccc1)S(C)(=O)=O. The number of sulfone groups is 1. The van der Waals surface area contributed by atoms with Crippen molar-refractivity contribution in [3.05, 3.63) is 60.2 Å². The fourth-order valence-electron chi connectivity index (χ4n) is 2.65. The number of benzene rings is 2. The molecule has 0 fully saturated rings. The Hall–Kier alpha value is -2.39. The molecule has 9 heteroatoms. The fraction of sp³-hybridized carbons (Fsp3) is 0.316. The Morgan fingerprint density at radius 1 is 0.964 bits per heavy atom. The van der Waals surface area contributed by atoms with Crippen LogP contribution in [-0.2, 0) is 24.7 Å². The van der Waals surface area contributed by atoms with Crippen LogP contribution in [0.5, 0.6) is 0 Å². The van der Waals surface area contributed by atoms with Crippen LogP contribution in [0.1, 0.15) is 12.0 Å². The Morgan fingerprint density at radius 2 is 1.57 bits per heavy atom. The number of anilines is 1. The topological polar surface area (TPSA) is 101 Å². The van der Waals surface area contributed by atoms with E-state index < -0.39 is 25.8 Å². The van der Waals surface area contributed by atoms with E-state index in [0.717, 1.165) is 16.1 Å². The standard InChI is InChI=1S/C19H24N2O5S2/c1-16-9-6-7-12-18(16)21(27(2,23)24)15-19(22)20-13-8-14-28(25,26)17-10-4-3-5-11-17/h3-7,9-12H,8,13-15H2,1-2H3,(H,20,22). The van der Waals surface area contributed by atoms with Crippen molar-refractivity contribution in [2.24, 2.45) is 0 Å². The van der Waals surface area contributed by atoms with Crippen LogP contribution in [0.3, 0.4) is 0 Å². The maximum Gasteiger partial charge on any atom is 0.240 e. The second kappa shape index (κ2) is 9.20. The molecule has 1 N–H and O–H groups in total. The van der Waals surface area contributed by atoms with E-state index in [0.29, 0.717) is 5.69 Å². The summed E-state index contributed by atoms with van der Waals surface area (Å²) in [6, 6.07) is 15.0. The zero-order valence-corrected chi connectivity index (χ0v) is 17.5. The Bertz CT molecular complexity index is 1020. The average Bonchev–Trinajstić information content (AvgIpc) is 2.64. The van der Waals surface area contributed by atoms with E-state index in [1.54, 1.807) is 49.4 Å². The van der Waals surface area contributed by atoms with Crippen molar-refractivity contribution in [1.82, 2.24) is 5.32 Å². The number of carbonyl (C=O) groups excluding carboxylic acids is 1. The molecule has 2 aromatic carbocycles. The van der Waals surface area contributed by atoms with Gasteiger partial charge in [-0.2, -0.15) is 0 Å². The number of carbonyl (C=O) groups is 1. The molecule has 0 spiro atoms. The van der Waals surface area contributed by atoms with Crippen molar-refractivity contribution in [3.8, 4) is 0 Å². The lowest BCUT2D eigenvalue weighted by Crippen LogP contribution is -2.41. The van der Waals surface area contributed by atoms with E-state index in [4.69, 9.17) is 0 Å². The van der Waals surface area contributed by atoms with Gasteiger partial charge in [0.05, 0.1) is 22.6 Å². The van der Waals surface area contributed by atoms with Crippen LogP contribution in [0.15, 0.2) is 59.5 Å². The van der Waals surface area contributed by atoms with Crippen LogP contribution in [0.25, 0.3) is 0 Å². The lowest BCUT2D eigenvalue weighted by Gasteiger charge is -2.23. The number of hydrogen-bond donors (Lipinski definition) is 1. The zero-order chi connectivity index (χ0) is 20.8. The minimum Gasteiger partial charge on any atom is -0.354 e. The summed E-state index contributed by atoms with van der Waals surface area (Å²) in [6.07, 6.45) is 1.27. The summed E-state index contributed by atoms with van der Waals surface area (Å²) in [4.78, 5) is 12.5. The molecule has 0 saturated carbocycles. The van der Waals surface area contributed by atoms with E-state index in [9.17, 15) is 21.6 Å². The Kier molecular flexibility index (Phi) is 7.20. The second-order valence-corrected chi connectivity index (χ2v) is 10.4. The molecule has 0 aliphatic carbocycles. The van der Waals surface area contributed by atoms with Gasteiger partial charge in [0, 0.05) is 6.54 Å². The van der Waals surface area contributed by atoms with Crippen molar-refractivity contribution >= 4 is 31.5 Å². The van der Waals surface area contributed by atoms with Crippen molar-refractivity contribution in [3.63, 3.8) is 0 Å². The summed E-state index contributed by atoms with van der Waals surface area (Å²) >= 11 is 0. The smallest absolute Gasteiger partial charge is 0.240 e. The van der Waals surface area contributed by atoms with Gasteiger partial charge in [0.25, 0.3) is 0 Å². The van der Waals surface area contributed by atoms with Crippen molar-refractivity contribution in [2.45, 2.75) is 18.2 Å². The zero-order valence-electron chi connectivity index (χ0n) is 15.8. The molecule has 0 radical (unpaired) electrons. The quantitative estimate of drug-likeness (QED) is 0.618. The first-order chi connectivity index (χ1) is 13.1. The minimum atomic E-state index is -3.65. The van der Waals surface area contributed by atoms with E-state index in [1.807, 2.05) is 0 Å². The normalized spacial score (nSPS) is 11.8. The predicted molar refractivity (Wildman–Crippen MR) is 109 cm³/mol. The molecule has 0 heterocycles. The van der Waals surface area contributed by atoms with E-state index in [-0.39, 0.29) is 30.2 Å².